The number of ether oxygens (including phenoxy) is 1. The van der Waals surface area contributed by atoms with Gasteiger partial charge in [0.15, 0.2) is 0 Å². The minimum absolute atomic E-state index is 0.359. The van der Waals surface area contributed by atoms with E-state index in [9.17, 15) is 0 Å². The zero-order valence-corrected chi connectivity index (χ0v) is 13.9. The fourth-order valence-corrected chi connectivity index (χ4v) is 3.05. The van der Waals surface area contributed by atoms with E-state index in [1.807, 2.05) is 36.6 Å². The second-order valence-electron chi connectivity index (χ2n) is 4.69. The molecule has 0 aliphatic heterocycles. The average molecular weight is 317 g/mol. The molecule has 2 aromatic carbocycles. The highest BCUT2D eigenvalue weighted by molar-refractivity contribution is 7.98. The molecule has 0 heterocycles. The number of hydrogen-bond donors (Lipinski definition) is 1. The minimum Gasteiger partial charge on any atom is -0.457 e. The summed E-state index contributed by atoms with van der Waals surface area (Å²) in [7, 11) is 0. The van der Waals surface area contributed by atoms with Crippen LogP contribution in [0.2, 0.25) is 0 Å². The van der Waals surface area contributed by atoms with Crippen LogP contribution < -0.4 is 10.5 Å². The van der Waals surface area contributed by atoms with E-state index in [0.29, 0.717) is 10.7 Å². The van der Waals surface area contributed by atoms with Crippen LogP contribution in [0.5, 0.6) is 11.5 Å². The summed E-state index contributed by atoms with van der Waals surface area (Å²) >= 11 is 6.77. The largest absolute Gasteiger partial charge is 0.457 e. The van der Waals surface area contributed by atoms with E-state index >= 15 is 0 Å². The molecule has 2 aromatic rings. The summed E-state index contributed by atoms with van der Waals surface area (Å²) in [5, 5.41) is 0. The normalized spacial score (nSPS) is 10.4. The van der Waals surface area contributed by atoms with Crippen LogP contribution in [0.1, 0.15) is 24.5 Å². The third-order valence-corrected chi connectivity index (χ3v) is 4.13. The Morgan fingerprint density at radius 3 is 2.48 bits per heavy atom. The van der Waals surface area contributed by atoms with Gasteiger partial charge in [-0.15, -0.1) is 11.8 Å². The first kappa shape index (κ1) is 15.9. The van der Waals surface area contributed by atoms with Crippen molar-refractivity contribution < 1.29 is 4.74 Å². The van der Waals surface area contributed by atoms with Crippen molar-refractivity contribution in [1.82, 2.24) is 0 Å². The molecule has 110 valence electrons. The van der Waals surface area contributed by atoms with Crippen LogP contribution in [0.3, 0.4) is 0 Å². The molecular formula is C17H19NOS2. The third kappa shape index (κ3) is 3.99. The monoisotopic (exact) mass is 317 g/mol. The van der Waals surface area contributed by atoms with E-state index in [1.54, 1.807) is 11.8 Å². The van der Waals surface area contributed by atoms with Crippen molar-refractivity contribution in [3.05, 3.63) is 53.6 Å². The van der Waals surface area contributed by atoms with Gasteiger partial charge in [-0.25, -0.2) is 0 Å². The van der Waals surface area contributed by atoms with Crippen LogP contribution in [0.15, 0.2) is 47.4 Å². The lowest BCUT2D eigenvalue weighted by atomic mass is 10.1. The number of benzene rings is 2. The molecule has 0 radical (unpaired) electrons. The fraction of sp³-hybridized carbons (Fsp3) is 0.235. The van der Waals surface area contributed by atoms with E-state index < -0.39 is 0 Å². The van der Waals surface area contributed by atoms with Crippen LogP contribution in [-0.4, -0.2) is 11.2 Å². The number of thiocarbonyl (C=S) groups is 1. The molecule has 0 unspecified atom stereocenters. The summed E-state index contributed by atoms with van der Waals surface area (Å²) in [4.78, 5) is 1.39. The molecule has 2 rings (SSSR count). The number of rotatable bonds is 6. The Kier molecular flexibility index (Phi) is 5.65. The topological polar surface area (TPSA) is 35.2 Å². The van der Waals surface area contributed by atoms with Crippen molar-refractivity contribution in [2.24, 2.45) is 5.73 Å². The van der Waals surface area contributed by atoms with Gasteiger partial charge < -0.3 is 10.5 Å². The molecule has 0 bridgehead atoms. The molecule has 0 atom stereocenters. The van der Waals surface area contributed by atoms with E-state index in [-0.39, 0.29) is 0 Å². The molecule has 2 nitrogen and oxygen atoms in total. The molecule has 2 N–H and O–H groups in total. The van der Waals surface area contributed by atoms with Gasteiger partial charge in [0.1, 0.15) is 16.5 Å². The Hall–Kier alpha value is -1.52. The standard InChI is InChI=1S/C17H19NOS2/c1-3-5-12-8-10-13(11-9-12)19-14-6-4-7-15(21-2)16(14)17(18)20/h4,6-11H,3,5H2,1-2H3,(H2,18,20). The van der Waals surface area contributed by atoms with Gasteiger partial charge >= 0.3 is 0 Å². The van der Waals surface area contributed by atoms with Gasteiger partial charge in [-0.3, -0.25) is 0 Å². The van der Waals surface area contributed by atoms with Crippen molar-refractivity contribution in [1.29, 1.82) is 0 Å². The van der Waals surface area contributed by atoms with Gasteiger partial charge in [0.05, 0.1) is 5.56 Å². The Morgan fingerprint density at radius 1 is 1.19 bits per heavy atom. The van der Waals surface area contributed by atoms with Crippen LogP contribution in [0.25, 0.3) is 0 Å². The minimum atomic E-state index is 0.359. The summed E-state index contributed by atoms with van der Waals surface area (Å²) in [5.41, 5.74) is 7.97. The Balaban J connectivity index is 2.28. The molecule has 21 heavy (non-hydrogen) atoms. The van der Waals surface area contributed by atoms with Gasteiger partial charge in [-0.05, 0) is 42.5 Å². The summed E-state index contributed by atoms with van der Waals surface area (Å²) in [6.45, 7) is 2.17. The summed E-state index contributed by atoms with van der Waals surface area (Å²) in [5.74, 6) is 1.50. The molecule has 0 saturated carbocycles. The highest BCUT2D eigenvalue weighted by Gasteiger charge is 2.12. The second-order valence-corrected chi connectivity index (χ2v) is 5.98. The molecule has 0 aliphatic rings. The summed E-state index contributed by atoms with van der Waals surface area (Å²) in [6, 6.07) is 14.0. The predicted molar refractivity (Wildman–Crippen MR) is 94.6 cm³/mol. The maximum Gasteiger partial charge on any atom is 0.138 e. The SMILES string of the molecule is CCCc1ccc(Oc2cccc(SC)c2C(N)=S)cc1. The maximum absolute atomic E-state index is 5.97. The Bertz CT molecular complexity index is 623. The highest BCUT2D eigenvalue weighted by Crippen LogP contribution is 2.32. The summed E-state index contributed by atoms with van der Waals surface area (Å²) < 4.78 is 5.97. The van der Waals surface area contributed by atoms with Gasteiger partial charge in [-0.1, -0.05) is 43.8 Å². The van der Waals surface area contributed by atoms with Crippen LogP contribution in [0, 0.1) is 0 Å². The van der Waals surface area contributed by atoms with E-state index in [2.05, 4.69) is 19.1 Å². The smallest absolute Gasteiger partial charge is 0.138 e. The number of hydrogen-bond acceptors (Lipinski definition) is 3. The molecule has 0 aliphatic carbocycles. The van der Waals surface area contributed by atoms with Crippen molar-refractivity contribution in [2.75, 3.05) is 6.26 Å². The molecule has 0 aromatic heterocycles. The maximum atomic E-state index is 5.97. The molecule has 0 saturated heterocycles. The van der Waals surface area contributed by atoms with Gasteiger partial charge in [-0.2, -0.15) is 0 Å². The molecule has 0 amide bonds. The number of aryl methyl sites for hydroxylation is 1. The van der Waals surface area contributed by atoms with Crippen molar-refractivity contribution in [3.8, 4) is 11.5 Å². The lowest BCUT2D eigenvalue weighted by Crippen LogP contribution is -2.12. The van der Waals surface area contributed by atoms with Crippen molar-refractivity contribution >= 4 is 29.0 Å². The van der Waals surface area contributed by atoms with Crippen LogP contribution in [0.4, 0.5) is 0 Å². The van der Waals surface area contributed by atoms with Crippen LogP contribution >= 0.6 is 24.0 Å². The first-order chi connectivity index (χ1) is 10.2. The van der Waals surface area contributed by atoms with E-state index in [1.165, 1.54) is 5.56 Å². The third-order valence-electron chi connectivity index (χ3n) is 3.14. The first-order valence-corrected chi connectivity index (χ1v) is 8.52. The molecule has 0 spiro atoms. The average Bonchev–Trinajstić information content (AvgIpc) is 2.49. The number of nitrogens with two attached hydrogens (primary N) is 1. The predicted octanol–water partition coefficient (Wildman–Crippen LogP) is 4.79. The zero-order chi connectivity index (χ0) is 15.2. The lowest BCUT2D eigenvalue weighted by molar-refractivity contribution is 0.480. The second kappa shape index (κ2) is 7.48. The molecule has 0 fully saturated rings. The van der Waals surface area contributed by atoms with Crippen molar-refractivity contribution in [3.63, 3.8) is 0 Å². The quantitative estimate of drug-likeness (QED) is 0.614. The van der Waals surface area contributed by atoms with Gasteiger partial charge in [0.25, 0.3) is 0 Å². The summed E-state index contributed by atoms with van der Waals surface area (Å²) in [6.07, 6.45) is 4.22. The van der Waals surface area contributed by atoms with Crippen molar-refractivity contribution in [2.45, 2.75) is 24.7 Å². The van der Waals surface area contributed by atoms with Gasteiger partial charge in [0.2, 0.25) is 0 Å². The number of thioether (sulfide) groups is 1. The lowest BCUT2D eigenvalue weighted by Gasteiger charge is -2.13. The zero-order valence-electron chi connectivity index (χ0n) is 12.3. The molecule has 4 heteroatoms. The van der Waals surface area contributed by atoms with Crippen LogP contribution in [-0.2, 0) is 6.42 Å². The fourth-order valence-electron chi connectivity index (χ4n) is 2.15. The van der Waals surface area contributed by atoms with E-state index in [0.717, 1.165) is 29.1 Å². The highest BCUT2D eigenvalue weighted by atomic mass is 32.2. The Morgan fingerprint density at radius 2 is 1.90 bits per heavy atom. The first-order valence-electron chi connectivity index (χ1n) is 6.89. The van der Waals surface area contributed by atoms with Gasteiger partial charge in [0, 0.05) is 4.90 Å². The van der Waals surface area contributed by atoms with E-state index in [4.69, 9.17) is 22.7 Å². The Labute approximate surface area is 135 Å². The molecular weight excluding hydrogens is 298 g/mol.